The van der Waals surface area contributed by atoms with E-state index in [4.69, 9.17) is 14.2 Å². The monoisotopic (exact) mass is 411 g/mol. The maximum Gasteiger partial charge on any atom is 0.308 e. The molecule has 0 saturated carbocycles. The van der Waals surface area contributed by atoms with Gasteiger partial charge in [0.2, 0.25) is 5.75 Å². The summed E-state index contributed by atoms with van der Waals surface area (Å²) in [5.41, 5.74) is 5.52. The van der Waals surface area contributed by atoms with Crippen molar-refractivity contribution >= 4 is 23.8 Å². The highest BCUT2D eigenvalue weighted by atomic mass is 16.6. The van der Waals surface area contributed by atoms with E-state index in [1.807, 2.05) is 18.2 Å². The average molecular weight is 411 g/mol. The molecular formula is C22H25N3O5. The lowest BCUT2D eigenvalue weighted by Gasteiger charge is -2.30. The molecule has 1 N–H and O–H groups in total. The largest absolute Gasteiger partial charge is 0.493 e. The summed E-state index contributed by atoms with van der Waals surface area (Å²) in [5.74, 6) is 0.139. The third-order valence-corrected chi connectivity index (χ3v) is 4.67. The van der Waals surface area contributed by atoms with Gasteiger partial charge in [-0.2, -0.15) is 5.10 Å². The Morgan fingerprint density at radius 3 is 2.53 bits per heavy atom. The van der Waals surface area contributed by atoms with Crippen LogP contribution in [0, 0.1) is 0 Å². The summed E-state index contributed by atoms with van der Waals surface area (Å²) >= 11 is 0. The number of hydrazone groups is 1. The van der Waals surface area contributed by atoms with E-state index in [-0.39, 0.29) is 18.2 Å². The first-order chi connectivity index (χ1) is 14.5. The first-order valence-electron chi connectivity index (χ1n) is 9.61. The predicted molar refractivity (Wildman–Crippen MR) is 114 cm³/mol. The maximum atomic E-state index is 12.4. The Balaban J connectivity index is 1.66. The third-order valence-electron chi connectivity index (χ3n) is 4.67. The third kappa shape index (κ3) is 5.08. The number of aryl methyl sites for hydroxylation is 1. The van der Waals surface area contributed by atoms with Crippen molar-refractivity contribution in [2.24, 2.45) is 5.10 Å². The number of fused-ring (bicyclic) bond motifs is 1. The van der Waals surface area contributed by atoms with Gasteiger partial charge in [0.25, 0.3) is 5.91 Å². The standard InChI is InChI=1S/C22H25N3O5/c1-15(26)30-22-19(28-2)11-16(12-20(22)29-3)13-23-24-21(27)14-25-10-6-8-17-7-4-5-9-18(17)25/h4-5,7,9,11-13H,6,8,10,14H2,1-3H3,(H,24,27)/b23-13-. The van der Waals surface area contributed by atoms with Crippen LogP contribution >= 0.6 is 0 Å². The summed E-state index contributed by atoms with van der Waals surface area (Å²) < 4.78 is 15.7. The quantitative estimate of drug-likeness (QED) is 0.326. The van der Waals surface area contributed by atoms with Gasteiger partial charge in [-0.3, -0.25) is 9.59 Å². The molecule has 1 amide bonds. The Kier molecular flexibility index (Phi) is 6.90. The minimum absolute atomic E-state index is 0.192. The number of hydrogen-bond donors (Lipinski definition) is 1. The van der Waals surface area contributed by atoms with Crippen molar-refractivity contribution in [1.82, 2.24) is 5.43 Å². The van der Waals surface area contributed by atoms with E-state index in [2.05, 4.69) is 21.5 Å². The van der Waals surface area contributed by atoms with E-state index < -0.39 is 5.97 Å². The van der Waals surface area contributed by atoms with Gasteiger partial charge in [0.1, 0.15) is 0 Å². The van der Waals surface area contributed by atoms with Gasteiger partial charge in [-0.15, -0.1) is 0 Å². The predicted octanol–water partition coefficient (Wildman–Crippen LogP) is 2.53. The molecular weight excluding hydrogens is 386 g/mol. The molecule has 1 aliphatic heterocycles. The average Bonchev–Trinajstić information content (AvgIpc) is 2.74. The Hall–Kier alpha value is -3.55. The number of para-hydroxylation sites is 1. The van der Waals surface area contributed by atoms with Gasteiger partial charge in [-0.05, 0) is 36.6 Å². The van der Waals surface area contributed by atoms with Crippen LogP contribution in [0.25, 0.3) is 0 Å². The van der Waals surface area contributed by atoms with Gasteiger partial charge < -0.3 is 19.1 Å². The molecule has 1 heterocycles. The first-order valence-corrected chi connectivity index (χ1v) is 9.61. The summed E-state index contributed by atoms with van der Waals surface area (Å²) in [5, 5.41) is 4.03. The summed E-state index contributed by atoms with van der Waals surface area (Å²) in [4.78, 5) is 25.7. The summed E-state index contributed by atoms with van der Waals surface area (Å²) in [6.45, 7) is 2.36. The molecule has 0 unspecified atom stereocenters. The van der Waals surface area contributed by atoms with E-state index in [9.17, 15) is 9.59 Å². The Bertz CT molecular complexity index is 933. The van der Waals surface area contributed by atoms with E-state index in [0.717, 1.165) is 25.1 Å². The van der Waals surface area contributed by atoms with Crippen LogP contribution in [-0.2, 0) is 16.0 Å². The molecule has 158 valence electrons. The fourth-order valence-electron chi connectivity index (χ4n) is 3.38. The molecule has 8 nitrogen and oxygen atoms in total. The van der Waals surface area contributed by atoms with Gasteiger partial charge >= 0.3 is 5.97 Å². The number of rotatable bonds is 7. The second kappa shape index (κ2) is 9.78. The minimum Gasteiger partial charge on any atom is -0.493 e. The molecule has 2 aromatic rings. The highest BCUT2D eigenvalue weighted by Crippen LogP contribution is 2.38. The smallest absolute Gasteiger partial charge is 0.308 e. The van der Waals surface area contributed by atoms with Crippen molar-refractivity contribution in [2.75, 3.05) is 32.2 Å². The van der Waals surface area contributed by atoms with Crippen molar-refractivity contribution in [3.05, 3.63) is 47.5 Å². The molecule has 0 fully saturated rings. The van der Waals surface area contributed by atoms with Crippen molar-refractivity contribution < 1.29 is 23.8 Å². The van der Waals surface area contributed by atoms with E-state index in [1.165, 1.54) is 32.9 Å². The van der Waals surface area contributed by atoms with Crippen molar-refractivity contribution in [3.8, 4) is 17.2 Å². The summed E-state index contributed by atoms with van der Waals surface area (Å²) in [7, 11) is 2.92. The van der Waals surface area contributed by atoms with Crippen LogP contribution in [-0.4, -0.2) is 45.4 Å². The number of carbonyl (C=O) groups excluding carboxylic acids is 2. The van der Waals surface area contributed by atoms with Crippen LogP contribution in [0.3, 0.4) is 0 Å². The number of anilines is 1. The molecule has 0 bridgehead atoms. The van der Waals surface area contributed by atoms with Crippen LogP contribution in [0.2, 0.25) is 0 Å². The molecule has 0 aromatic heterocycles. The Labute approximate surface area is 175 Å². The molecule has 8 heteroatoms. The number of benzene rings is 2. The highest BCUT2D eigenvalue weighted by molar-refractivity contribution is 5.86. The first kappa shape index (κ1) is 21.2. The Morgan fingerprint density at radius 2 is 1.87 bits per heavy atom. The van der Waals surface area contributed by atoms with Crippen LogP contribution < -0.4 is 24.5 Å². The zero-order valence-corrected chi connectivity index (χ0v) is 17.3. The van der Waals surface area contributed by atoms with E-state index in [1.54, 1.807) is 12.1 Å². The molecule has 30 heavy (non-hydrogen) atoms. The summed E-state index contributed by atoms with van der Waals surface area (Å²) in [6.07, 6.45) is 3.52. The second-order valence-corrected chi connectivity index (χ2v) is 6.80. The number of esters is 1. The van der Waals surface area contributed by atoms with E-state index >= 15 is 0 Å². The van der Waals surface area contributed by atoms with Crippen LogP contribution in [0.5, 0.6) is 17.2 Å². The molecule has 2 aromatic carbocycles. The van der Waals surface area contributed by atoms with Gasteiger partial charge in [-0.25, -0.2) is 5.43 Å². The van der Waals surface area contributed by atoms with Gasteiger partial charge in [-0.1, -0.05) is 18.2 Å². The lowest BCUT2D eigenvalue weighted by Crippen LogP contribution is -2.38. The van der Waals surface area contributed by atoms with Crippen molar-refractivity contribution in [1.29, 1.82) is 0 Å². The Morgan fingerprint density at radius 1 is 1.17 bits per heavy atom. The topological polar surface area (TPSA) is 89.5 Å². The fourth-order valence-corrected chi connectivity index (χ4v) is 3.38. The fraction of sp³-hybridized carbons (Fsp3) is 0.318. The number of carbonyl (C=O) groups is 2. The van der Waals surface area contributed by atoms with Gasteiger partial charge in [0.05, 0.1) is 27.0 Å². The highest BCUT2D eigenvalue weighted by Gasteiger charge is 2.18. The molecule has 0 spiro atoms. The van der Waals surface area contributed by atoms with Crippen molar-refractivity contribution in [2.45, 2.75) is 19.8 Å². The normalized spacial score (nSPS) is 13.0. The lowest BCUT2D eigenvalue weighted by molar-refractivity contribution is -0.132. The number of nitrogens with one attached hydrogen (secondary N) is 1. The minimum atomic E-state index is -0.487. The molecule has 0 saturated heterocycles. The van der Waals surface area contributed by atoms with E-state index in [0.29, 0.717) is 17.1 Å². The maximum absolute atomic E-state index is 12.4. The molecule has 3 rings (SSSR count). The van der Waals surface area contributed by atoms with Crippen LogP contribution in [0.4, 0.5) is 5.69 Å². The van der Waals surface area contributed by atoms with Crippen molar-refractivity contribution in [3.63, 3.8) is 0 Å². The van der Waals surface area contributed by atoms with Gasteiger partial charge in [0.15, 0.2) is 11.5 Å². The SMILES string of the molecule is COc1cc(/C=N\NC(=O)CN2CCCc3ccccc32)cc(OC)c1OC(C)=O. The number of methoxy groups -OCH3 is 2. The lowest BCUT2D eigenvalue weighted by atomic mass is 10.0. The molecule has 0 atom stereocenters. The second-order valence-electron chi connectivity index (χ2n) is 6.80. The molecule has 0 aliphatic carbocycles. The number of hydrogen-bond acceptors (Lipinski definition) is 7. The van der Waals surface area contributed by atoms with Crippen LogP contribution in [0.1, 0.15) is 24.5 Å². The van der Waals surface area contributed by atoms with Gasteiger partial charge in [0, 0.05) is 24.7 Å². The zero-order valence-electron chi connectivity index (χ0n) is 17.3. The molecule has 0 radical (unpaired) electrons. The number of amides is 1. The molecule has 1 aliphatic rings. The zero-order chi connectivity index (χ0) is 21.5. The van der Waals surface area contributed by atoms with Crippen LogP contribution in [0.15, 0.2) is 41.5 Å². The summed E-state index contributed by atoms with van der Waals surface area (Å²) in [6, 6.07) is 11.4. The number of nitrogens with zero attached hydrogens (tertiary/aromatic N) is 2. The number of ether oxygens (including phenoxy) is 3.